The van der Waals surface area contributed by atoms with Crippen molar-refractivity contribution in [2.24, 2.45) is 7.05 Å². The zero-order chi connectivity index (χ0) is 19.0. The Morgan fingerprint density at radius 3 is 2.81 bits per heavy atom. The van der Waals surface area contributed by atoms with Gasteiger partial charge < -0.3 is 10.6 Å². The summed E-state index contributed by atoms with van der Waals surface area (Å²) in [6, 6.07) is 12.6. The molecule has 5 nitrogen and oxygen atoms in total. The highest BCUT2D eigenvalue weighted by Gasteiger charge is 2.29. The first-order chi connectivity index (χ1) is 13.2. The van der Waals surface area contributed by atoms with E-state index in [0.717, 1.165) is 22.5 Å². The minimum Gasteiger partial charge on any atom is -0.382 e. The summed E-state index contributed by atoms with van der Waals surface area (Å²) in [5, 5.41) is 12.4. The standard InChI is InChI=1S/C20H20N4O.C2H4.2H2/c1-24-17-8-7-13(11-15(17)19(23-24)12-5-6-12)14-3-2-4-16-20(14)21-10-9-18(25)22-16;1-2;;/h2-4,7-8,11-12,21H,5-6,9-10H2,1H3,(H,22,25);1-2H2;2*1H. The van der Waals surface area contributed by atoms with Crippen LogP contribution in [0, 0.1) is 0 Å². The van der Waals surface area contributed by atoms with Crippen LogP contribution in [0.4, 0.5) is 11.4 Å². The van der Waals surface area contributed by atoms with E-state index in [1.165, 1.54) is 29.4 Å². The van der Waals surface area contributed by atoms with E-state index >= 15 is 0 Å². The molecule has 1 aromatic heterocycles. The van der Waals surface area contributed by atoms with Gasteiger partial charge in [0.15, 0.2) is 0 Å². The molecule has 0 bridgehead atoms. The van der Waals surface area contributed by atoms with Gasteiger partial charge >= 0.3 is 0 Å². The second-order valence-electron chi connectivity index (χ2n) is 6.97. The van der Waals surface area contributed by atoms with E-state index in [0.29, 0.717) is 18.9 Å². The Kier molecular flexibility index (Phi) is 4.44. The van der Waals surface area contributed by atoms with Crippen molar-refractivity contribution in [1.29, 1.82) is 0 Å². The van der Waals surface area contributed by atoms with Crippen molar-refractivity contribution in [3.63, 3.8) is 0 Å². The first kappa shape index (κ1) is 17.3. The van der Waals surface area contributed by atoms with E-state index in [1.807, 2.05) is 23.9 Å². The number of aromatic nitrogens is 2. The van der Waals surface area contributed by atoms with Gasteiger partial charge in [0.25, 0.3) is 0 Å². The number of nitrogens with one attached hydrogen (secondary N) is 2. The van der Waals surface area contributed by atoms with Gasteiger partial charge in [0, 0.05) is 39.7 Å². The average Bonchev–Trinajstić information content (AvgIpc) is 3.50. The molecule has 2 aliphatic rings. The topological polar surface area (TPSA) is 59.0 Å². The zero-order valence-electron chi connectivity index (χ0n) is 15.6. The fourth-order valence-corrected chi connectivity index (χ4v) is 3.72. The number of aryl methyl sites for hydroxylation is 1. The van der Waals surface area contributed by atoms with Crippen LogP contribution in [0.1, 0.15) is 33.7 Å². The predicted octanol–water partition coefficient (Wildman–Crippen LogP) is 5.17. The van der Waals surface area contributed by atoms with E-state index in [9.17, 15) is 4.79 Å². The van der Waals surface area contributed by atoms with Crippen LogP contribution >= 0.6 is 0 Å². The van der Waals surface area contributed by atoms with E-state index in [2.05, 4.69) is 48.1 Å². The van der Waals surface area contributed by atoms with Crippen LogP contribution in [0.25, 0.3) is 22.0 Å². The van der Waals surface area contributed by atoms with Gasteiger partial charge in [0.05, 0.1) is 22.6 Å². The van der Waals surface area contributed by atoms with Gasteiger partial charge in [-0.05, 0) is 36.6 Å². The fraction of sp³-hybridized carbons (Fsp3) is 0.273. The van der Waals surface area contributed by atoms with Crippen molar-refractivity contribution in [3.05, 3.63) is 55.3 Å². The molecule has 2 heterocycles. The summed E-state index contributed by atoms with van der Waals surface area (Å²) in [6.45, 7) is 6.65. The number of amides is 1. The summed E-state index contributed by atoms with van der Waals surface area (Å²) in [5.41, 5.74) is 6.53. The molecule has 0 spiro atoms. The molecule has 1 aliphatic carbocycles. The molecule has 0 atom stereocenters. The lowest BCUT2D eigenvalue weighted by Gasteiger charge is -2.14. The third kappa shape index (κ3) is 3.10. The highest BCUT2D eigenvalue weighted by atomic mass is 16.1. The van der Waals surface area contributed by atoms with Crippen LogP contribution in [-0.4, -0.2) is 22.2 Å². The summed E-state index contributed by atoms with van der Waals surface area (Å²) in [6.07, 6.45) is 2.97. The third-order valence-corrected chi connectivity index (χ3v) is 5.15. The Morgan fingerprint density at radius 2 is 2.04 bits per heavy atom. The Labute approximate surface area is 162 Å². The lowest BCUT2D eigenvalue weighted by Crippen LogP contribution is -2.10. The third-order valence-electron chi connectivity index (χ3n) is 5.15. The molecule has 0 radical (unpaired) electrons. The van der Waals surface area contributed by atoms with Gasteiger partial charge in [0.2, 0.25) is 5.91 Å². The zero-order valence-corrected chi connectivity index (χ0v) is 15.6. The van der Waals surface area contributed by atoms with E-state index in [4.69, 9.17) is 5.10 Å². The quantitative estimate of drug-likeness (QED) is 0.617. The van der Waals surface area contributed by atoms with Crippen LogP contribution in [0.3, 0.4) is 0 Å². The summed E-state index contributed by atoms with van der Waals surface area (Å²) in [7, 11) is 2.01. The molecule has 0 saturated heterocycles. The van der Waals surface area contributed by atoms with Gasteiger partial charge in [-0.3, -0.25) is 9.48 Å². The van der Waals surface area contributed by atoms with Gasteiger partial charge in [-0.25, -0.2) is 0 Å². The van der Waals surface area contributed by atoms with Crippen molar-refractivity contribution >= 4 is 28.2 Å². The number of benzene rings is 2. The second kappa shape index (κ2) is 6.91. The van der Waals surface area contributed by atoms with E-state index < -0.39 is 0 Å². The Bertz CT molecular complexity index is 1030. The molecular weight excluding hydrogens is 336 g/mol. The molecule has 0 unspecified atom stereocenters. The molecule has 1 fully saturated rings. The van der Waals surface area contributed by atoms with Crippen molar-refractivity contribution in [2.75, 3.05) is 17.2 Å². The number of carbonyl (C=O) groups excluding carboxylic acids is 1. The fourth-order valence-electron chi connectivity index (χ4n) is 3.72. The maximum atomic E-state index is 11.8. The monoisotopic (exact) mass is 364 g/mol. The Morgan fingerprint density at radius 1 is 1.22 bits per heavy atom. The molecule has 1 aliphatic heterocycles. The second-order valence-corrected chi connectivity index (χ2v) is 6.97. The highest BCUT2D eigenvalue weighted by Crippen LogP contribution is 2.44. The van der Waals surface area contributed by atoms with Crippen LogP contribution < -0.4 is 10.6 Å². The molecule has 142 valence electrons. The van der Waals surface area contributed by atoms with Crippen LogP contribution in [0.5, 0.6) is 0 Å². The summed E-state index contributed by atoms with van der Waals surface area (Å²) < 4.78 is 1.98. The largest absolute Gasteiger partial charge is 0.382 e. The number of para-hydroxylation sites is 1. The van der Waals surface area contributed by atoms with Crippen molar-refractivity contribution in [1.82, 2.24) is 9.78 Å². The normalized spacial score (nSPS) is 15.8. The van der Waals surface area contributed by atoms with Gasteiger partial charge in [0.1, 0.15) is 0 Å². The van der Waals surface area contributed by atoms with Crippen molar-refractivity contribution < 1.29 is 7.65 Å². The molecule has 2 aromatic carbocycles. The summed E-state index contributed by atoms with van der Waals surface area (Å²) in [4.78, 5) is 11.8. The minimum absolute atomic E-state index is 0. The molecule has 3 aromatic rings. The molecule has 2 N–H and O–H groups in total. The summed E-state index contributed by atoms with van der Waals surface area (Å²) in [5.74, 6) is 0.673. The number of carbonyl (C=O) groups is 1. The lowest BCUT2D eigenvalue weighted by molar-refractivity contribution is -0.115. The lowest BCUT2D eigenvalue weighted by atomic mass is 9.99. The molecule has 1 saturated carbocycles. The number of rotatable bonds is 2. The van der Waals surface area contributed by atoms with Crippen LogP contribution in [0.2, 0.25) is 0 Å². The number of fused-ring (bicyclic) bond motifs is 2. The molecule has 27 heavy (non-hydrogen) atoms. The maximum Gasteiger partial charge on any atom is 0.226 e. The number of anilines is 2. The Hall–Kier alpha value is -3.08. The maximum absolute atomic E-state index is 11.8. The predicted molar refractivity (Wildman–Crippen MR) is 115 cm³/mol. The van der Waals surface area contributed by atoms with E-state index in [1.54, 1.807) is 0 Å². The van der Waals surface area contributed by atoms with E-state index in [-0.39, 0.29) is 8.76 Å². The van der Waals surface area contributed by atoms with Crippen LogP contribution in [-0.2, 0) is 11.8 Å². The van der Waals surface area contributed by atoms with Crippen molar-refractivity contribution in [2.45, 2.75) is 25.2 Å². The first-order valence-electron chi connectivity index (χ1n) is 9.34. The number of hydrogen-bond donors (Lipinski definition) is 2. The SMILES string of the molecule is C=C.Cn1nc(C2CC2)c2cc(-c3cccc4c3NCCC(=O)N4)ccc21.[HH].[HH]. The van der Waals surface area contributed by atoms with Gasteiger partial charge in [-0.15, -0.1) is 13.2 Å². The van der Waals surface area contributed by atoms with Gasteiger partial charge in [-0.1, -0.05) is 18.2 Å². The van der Waals surface area contributed by atoms with Crippen LogP contribution in [0.15, 0.2) is 49.6 Å². The van der Waals surface area contributed by atoms with Crippen molar-refractivity contribution in [3.8, 4) is 11.1 Å². The highest BCUT2D eigenvalue weighted by molar-refractivity contribution is 6.00. The molecule has 5 rings (SSSR count). The number of hydrogen-bond acceptors (Lipinski definition) is 3. The molecule has 1 amide bonds. The average molecular weight is 364 g/mol. The Balaban J connectivity index is 0.000000729. The molecule has 5 heteroatoms. The minimum atomic E-state index is 0. The molecular formula is C22H28N4O. The first-order valence-corrected chi connectivity index (χ1v) is 9.34. The van der Waals surface area contributed by atoms with Gasteiger partial charge in [-0.2, -0.15) is 5.10 Å². The summed E-state index contributed by atoms with van der Waals surface area (Å²) >= 11 is 0. The smallest absolute Gasteiger partial charge is 0.226 e. The number of nitrogens with zero attached hydrogens (tertiary/aromatic N) is 2.